The molecule has 0 aromatic rings. The van der Waals surface area contributed by atoms with Gasteiger partial charge in [0.2, 0.25) is 0 Å². The first kappa shape index (κ1) is 6.71. The molecule has 1 aliphatic carbocycles. The number of allylic oxidation sites excluding steroid dienone is 5. The van der Waals surface area contributed by atoms with Crippen molar-refractivity contribution in [1.29, 1.82) is 0 Å². The first-order valence-corrected chi connectivity index (χ1v) is 4.24. The van der Waals surface area contributed by atoms with Gasteiger partial charge in [-0.3, -0.25) is 0 Å². The fraction of sp³-hybridized carbons (Fsp3) is 0.400. The third kappa shape index (κ3) is 1.97. The van der Waals surface area contributed by atoms with E-state index in [0.717, 1.165) is 5.92 Å². The van der Waals surface area contributed by atoms with Crippen LogP contribution in [0.25, 0.3) is 0 Å². The second-order valence-electron chi connectivity index (χ2n) is 3.23. The lowest BCUT2D eigenvalue weighted by atomic mass is 10.2. The molecule has 11 heavy (non-hydrogen) atoms. The zero-order valence-electron chi connectivity index (χ0n) is 6.59. The summed E-state index contributed by atoms with van der Waals surface area (Å²) in [5.74, 6) is 0.966. The number of rotatable bonds is 2. The monoisotopic (exact) mass is 147 g/mol. The Hall–Kier alpha value is -0.980. The van der Waals surface area contributed by atoms with E-state index >= 15 is 0 Å². The highest BCUT2D eigenvalue weighted by atomic mass is 14.8. The van der Waals surface area contributed by atoms with E-state index in [0.29, 0.717) is 0 Å². The molecule has 2 aliphatic rings. The van der Waals surface area contributed by atoms with Gasteiger partial charge in [-0.1, -0.05) is 12.2 Å². The van der Waals surface area contributed by atoms with E-state index in [2.05, 4.69) is 17.5 Å². The molecule has 0 amide bonds. The summed E-state index contributed by atoms with van der Waals surface area (Å²) in [6.45, 7) is 0. The minimum absolute atomic E-state index is 0.966. The van der Waals surface area contributed by atoms with Gasteiger partial charge < -0.3 is 5.32 Å². The summed E-state index contributed by atoms with van der Waals surface area (Å²) >= 11 is 0. The van der Waals surface area contributed by atoms with Crippen LogP contribution in [0.3, 0.4) is 0 Å². The average molecular weight is 147 g/mol. The molecule has 0 aromatic carbocycles. The van der Waals surface area contributed by atoms with Crippen molar-refractivity contribution in [2.24, 2.45) is 5.92 Å². The molecule has 0 spiro atoms. The van der Waals surface area contributed by atoms with Crippen molar-refractivity contribution < 1.29 is 0 Å². The Labute approximate surface area is 67.5 Å². The van der Waals surface area contributed by atoms with Crippen molar-refractivity contribution in [1.82, 2.24) is 5.32 Å². The van der Waals surface area contributed by atoms with Gasteiger partial charge >= 0.3 is 0 Å². The molecule has 0 atom stereocenters. The molecule has 2 rings (SSSR count). The van der Waals surface area contributed by atoms with Crippen LogP contribution in [0.4, 0.5) is 0 Å². The van der Waals surface area contributed by atoms with Crippen LogP contribution in [-0.2, 0) is 0 Å². The fourth-order valence-corrected chi connectivity index (χ4v) is 1.25. The van der Waals surface area contributed by atoms with Gasteiger partial charge in [-0.25, -0.2) is 0 Å². The minimum atomic E-state index is 0.966. The van der Waals surface area contributed by atoms with Crippen LogP contribution in [0.1, 0.15) is 19.3 Å². The van der Waals surface area contributed by atoms with E-state index in [1.165, 1.54) is 25.0 Å². The summed E-state index contributed by atoms with van der Waals surface area (Å²) in [7, 11) is 0. The van der Waals surface area contributed by atoms with Gasteiger partial charge in [0.25, 0.3) is 0 Å². The Morgan fingerprint density at radius 3 is 3.00 bits per heavy atom. The average Bonchev–Trinajstić information content (AvgIpc) is 2.77. The van der Waals surface area contributed by atoms with Crippen molar-refractivity contribution >= 4 is 0 Å². The van der Waals surface area contributed by atoms with E-state index in [1.54, 1.807) is 0 Å². The van der Waals surface area contributed by atoms with Crippen molar-refractivity contribution in [3.05, 3.63) is 36.2 Å². The van der Waals surface area contributed by atoms with Gasteiger partial charge in [0, 0.05) is 11.9 Å². The maximum Gasteiger partial charge on any atom is 0.0149 e. The molecule has 0 radical (unpaired) electrons. The predicted octanol–water partition coefficient (Wildman–Crippen LogP) is 2.34. The van der Waals surface area contributed by atoms with Gasteiger partial charge in [-0.2, -0.15) is 0 Å². The van der Waals surface area contributed by atoms with E-state index in [1.807, 2.05) is 18.4 Å². The molecular formula is C10H13N. The Morgan fingerprint density at radius 1 is 1.27 bits per heavy atom. The predicted molar refractivity (Wildman–Crippen MR) is 46.8 cm³/mol. The van der Waals surface area contributed by atoms with Crippen molar-refractivity contribution in [3.8, 4) is 0 Å². The van der Waals surface area contributed by atoms with Crippen molar-refractivity contribution in [2.75, 3.05) is 0 Å². The maximum atomic E-state index is 3.27. The van der Waals surface area contributed by atoms with Crippen LogP contribution in [0.5, 0.6) is 0 Å². The molecule has 0 bridgehead atoms. The summed E-state index contributed by atoms with van der Waals surface area (Å²) in [4.78, 5) is 0. The Bertz CT molecular complexity index is 219. The van der Waals surface area contributed by atoms with Gasteiger partial charge in [-0.05, 0) is 37.3 Å². The summed E-state index contributed by atoms with van der Waals surface area (Å²) in [5, 5.41) is 3.27. The molecule has 0 aromatic heterocycles. The molecule has 1 aliphatic heterocycles. The Balaban J connectivity index is 1.94. The first-order valence-electron chi connectivity index (χ1n) is 4.24. The SMILES string of the molecule is C1=CC=C(CC2CC2)NC=C1. The summed E-state index contributed by atoms with van der Waals surface area (Å²) in [5.41, 5.74) is 1.36. The topological polar surface area (TPSA) is 12.0 Å². The molecule has 1 fully saturated rings. The minimum Gasteiger partial charge on any atom is -0.365 e. The highest BCUT2D eigenvalue weighted by molar-refractivity contribution is 5.21. The first-order chi connectivity index (χ1) is 5.45. The normalized spacial score (nSPS) is 22.4. The summed E-state index contributed by atoms with van der Waals surface area (Å²) in [6.07, 6.45) is 14.4. The summed E-state index contributed by atoms with van der Waals surface area (Å²) in [6, 6.07) is 0. The molecule has 1 nitrogen and oxygen atoms in total. The summed E-state index contributed by atoms with van der Waals surface area (Å²) < 4.78 is 0. The molecule has 1 heteroatoms. The van der Waals surface area contributed by atoms with Crippen molar-refractivity contribution in [3.63, 3.8) is 0 Å². The molecule has 0 saturated heterocycles. The molecule has 1 heterocycles. The zero-order chi connectivity index (χ0) is 7.52. The van der Waals surface area contributed by atoms with E-state index < -0.39 is 0 Å². The molecular weight excluding hydrogens is 134 g/mol. The van der Waals surface area contributed by atoms with Gasteiger partial charge in [0.05, 0.1) is 0 Å². The lowest BCUT2D eigenvalue weighted by Crippen LogP contribution is -2.04. The highest BCUT2D eigenvalue weighted by Crippen LogP contribution is 2.34. The fourth-order valence-electron chi connectivity index (χ4n) is 1.25. The molecule has 58 valence electrons. The quantitative estimate of drug-likeness (QED) is 0.632. The van der Waals surface area contributed by atoms with Crippen LogP contribution in [0.15, 0.2) is 36.2 Å². The second-order valence-corrected chi connectivity index (χ2v) is 3.23. The molecule has 1 saturated carbocycles. The lowest BCUT2D eigenvalue weighted by Gasteiger charge is -2.03. The van der Waals surface area contributed by atoms with Crippen LogP contribution >= 0.6 is 0 Å². The maximum absolute atomic E-state index is 3.27. The molecule has 1 N–H and O–H groups in total. The standard InChI is InChI=1S/C10H13N/c1-2-4-10(11-7-3-1)8-9-5-6-9/h1-4,7,9,11H,5-6,8H2. The smallest absolute Gasteiger partial charge is 0.0149 e. The largest absolute Gasteiger partial charge is 0.365 e. The van der Waals surface area contributed by atoms with Crippen LogP contribution in [-0.4, -0.2) is 0 Å². The van der Waals surface area contributed by atoms with E-state index in [4.69, 9.17) is 0 Å². The van der Waals surface area contributed by atoms with Gasteiger partial charge in [0.15, 0.2) is 0 Å². The van der Waals surface area contributed by atoms with Crippen LogP contribution in [0, 0.1) is 5.92 Å². The lowest BCUT2D eigenvalue weighted by molar-refractivity contribution is 0.774. The second kappa shape index (κ2) is 2.95. The van der Waals surface area contributed by atoms with Crippen molar-refractivity contribution in [2.45, 2.75) is 19.3 Å². The van der Waals surface area contributed by atoms with Crippen LogP contribution < -0.4 is 5.32 Å². The molecule has 0 unspecified atom stereocenters. The Kier molecular flexibility index (Phi) is 1.80. The highest BCUT2D eigenvalue weighted by Gasteiger charge is 2.21. The van der Waals surface area contributed by atoms with E-state index in [9.17, 15) is 0 Å². The Morgan fingerprint density at radius 2 is 2.18 bits per heavy atom. The number of hydrogen-bond acceptors (Lipinski definition) is 1. The van der Waals surface area contributed by atoms with Crippen LogP contribution in [0.2, 0.25) is 0 Å². The third-order valence-electron chi connectivity index (χ3n) is 2.09. The zero-order valence-corrected chi connectivity index (χ0v) is 6.59. The number of nitrogens with one attached hydrogen (secondary N) is 1. The number of hydrogen-bond donors (Lipinski definition) is 1. The van der Waals surface area contributed by atoms with E-state index in [-0.39, 0.29) is 0 Å². The van der Waals surface area contributed by atoms with Gasteiger partial charge in [0.1, 0.15) is 0 Å². The van der Waals surface area contributed by atoms with Gasteiger partial charge in [-0.15, -0.1) is 0 Å². The third-order valence-corrected chi connectivity index (χ3v) is 2.09.